The lowest BCUT2D eigenvalue weighted by Gasteiger charge is -2.12. The SMILES string of the molecule is Cc1cc2c(cc(C(=O)NCCc3ccccn3)n2Cc2ccccc2Cl)s1. The second kappa shape index (κ2) is 8.17. The first kappa shape index (κ1) is 18.7. The van der Waals surface area contributed by atoms with Crippen LogP contribution in [-0.2, 0) is 13.0 Å². The molecule has 0 aliphatic carbocycles. The number of hydrogen-bond acceptors (Lipinski definition) is 3. The Morgan fingerprint density at radius 2 is 2.00 bits per heavy atom. The maximum atomic E-state index is 12.9. The van der Waals surface area contributed by atoms with Crippen LogP contribution in [0.4, 0.5) is 0 Å². The molecule has 0 unspecified atom stereocenters. The quantitative estimate of drug-likeness (QED) is 0.482. The summed E-state index contributed by atoms with van der Waals surface area (Å²) in [4.78, 5) is 18.4. The second-order valence-electron chi connectivity index (χ2n) is 6.64. The number of amides is 1. The zero-order valence-corrected chi connectivity index (χ0v) is 17.1. The molecular weight excluding hydrogens is 390 g/mol. The zero-order chi connectivity index (χ0) is 19.5. The maximum Gasteiger partial charge on any atom is 0.267 e. The van der Waals surface area contributed by atoms with Gasteiger partial charge in [0.2, 0.25) is 0 Å². The third-order valence-corrected chi connectivity index (χ3v) is 5.98. The Bertz CT molecular complexity index is 1120. The molecule has 0 saturated carbocycles. The summed E-state index contributed by atoms with van der Waals surface area (Å²) < 4.78 is 3.16. The molecular formula is C22H20ClN3OS. The molecule has 28 heavy (non-hydrogen) atoms. The number of fused-ring (bicyclic) bond motifs is 1. The van der Waals surface area contributed by atoms with Crippen LogP contribution in [0.3, 0.4) is 0 Å². The van der Waals surface area contributed by atoms with Crippen molar-refractivity contribution in [1.82, 2.24) is 14.9 Å². The predicted octanol–water partition coefficient (Wildman–Crippen LogP) is 5.08. The van der Waals surface area contributed by atoms with Gasteiger partial charge < -0.3 is 9.88 Å². The molecule has 1 aromatic carbocycles. The first-order valence-corrected chi connectivity index (χ1v) is 10.3. The zero-order valence-electron chi connectivity index (χ0n) is 15.5. The highest BCUT2D eigenvalue weighted by molar-refractivity contribution is 7.19. The molecule has 3 heterocycles. The van der Waals surface area contributed by atoms with E-state index in [1.807, 2.05) is 48.5 Å². The molecule has 0 saturated heterocycles. The summed E-state index contributed by atoms with van der Waals surface area (Å²) >= 11 is 8.06. The van der Waals surface area contributed by atoms with Crippen LogP contribution >= 0.6 is 22.9 Å². The number of benzene rings is 1. The van der Waals surface area contributed by atoms with Gasteiger partial charge in [0.05, 0.1) is 10.2 Å². The predicted molar refractivity (Wildman–Crippen MR) is 115 cm³/mol. The third kappa shape index (κ3) is 3.96. The maximum absolute atomic E-state index is 12.9. The molecule has 142 valence electrons. The van der Waals surface area contributed by atoms with E-state index >= 15 is 0 Å². The van der Waals surface area contributed by atoms with E-state index in [-0.39, 0.29) is 5.91 Å². The molecule has 1 N–H and O–H groups in total. The van der Waals surface area contributed by atoms with Crippen LogP contribution in [-0.4, -0.2) is 22.0 Å². The summed E-state index contributed by atoms with van der Waals surface area (Å²) in [6.07, 6.45) is 2.47. The van der Waals surface area contributed by atoms with Crippen LogP contribution in [0.5, 0.6) is 0 Å². The fourth-order valence-electron chi connectivity index (χ4n) is 3.26. The van der Waals surface area contributed by atoms with Crippen LogP contribution in [0.1, 0.15) is 26.6 Å². The van der Waals surface area contributed by atoms with E-state index in [1.165, 1.54) is 4.88 Å². The lowest BCUT2D eigenvalue weighted by atomic mass is 10.2. The van der Waals surface area contributed by atoms with Crippen molar-refractivity contribution in [3.63, 3.8) is 0 Å². The number of carbonyl (C=O) groups excluding carboxylic acids is 1. The van der Waals surface area contributed by atoms with Crippen molar-refractivity contribution >= 4 is 39.1 Å². The van der Waals surface area contributed by atoms with E-state index in [1.54, 1.807) is 17.5 Å². The number of hydrogen-bond donors (Lipinski definition) is 1. The lowest BCUT2D eigenvalue weighted by Crippen LogP contribution is -2.28. The molecule has 4 rings (SSSR count). The number of thiophene rings is 1. The molecule has 0 aliphatic heterocycles. The monoisotopic (exact) mass is 409 g/mol. The van der Waals surface area contributed by atoms with E-state index in [2.05, 4.69) is 27.9 Å². The van der Waals surface area contributed by atoms with Crippen molar-refractivity contribution in [1.29, 1.82) is 0 Å². The summed E-state index contributed by atoms with van der Waals surface area (Å²) in [7, 11) is 0. The van der Waals surface area contributed by atoms with Gasteiger partial charge in [-0.25, -0.2) is 0 Å². The van der Waals surface area contributed by atoms with E-state index < -0.39 is 0 Å². The van der Waals surface area contributed by atoms with E-state index in [0.29, 0.717) is 30.2 Å². The number of nitrogens with zero attached hydrogens (tertiary/aromatic N) is 2. The highest BCUT2D eigenvalue weighted by Crippen LogP contribution is 2.30. The Morgan fingerprint density at radius 3 is 2.79 bits per heavy atom. The van der Waals surface area contributed by atoms with Gasteiger partial charge in [0.15, 0.2) is 0 Å². The highest BCUT2D eigenvalue weighted by atomic mass is 35.5. The minimum absolute atomic E-state index is 0.0796. The van der Waals surface area contributed by atoms with E-state index in [9.17, 15) is 4.79 Å². The number of pyridine rings is 1. The molecule has 0 atom stereocenters. The van der Waals surface area contributed by atoms with Crippen molar-refractivity contribution in [2.24, 2.45) is 0 Å². The number of rotatable bonds is 6. The highest BCUT2D eigenvalue weighted by Gasteiger charge is 2.18. The first-order chi connectivity index (χ1) is 13.6. The van der Waals surface area contributed by atoms with Gasteiger partial charge in [0, 0.05) is 41.3 Å². The smallest absolute Gasteiger partial charge is 0.267 e. The van der Waals surface area contributed by atoms with Gasteiger partial charge in [-0.1, -0.05) is 35.9 Å². The normalized spacial score (nSPS) is 11.1. The number of halogens is 1. The van der Waals surface area contributed by atoms with Crippen LogP contribution in [0.25, 0.3) is 10.2 Å². The Hall–Kier alpha value is -2.63. The third-order valence-electron chi connectivity index (χ3n) is 4.62. The standard InChI is InChI=1S/C22H20ClN3OS/c1-15-12-19-21(28-15)13-20(26(19)14-16-6-2-3-8-18(16)23)22(27)25-11-9-17-7-4-5-10-24-17/h2-8,10,12-13H,9,11,14H2,1H3,(H,25,27). The molecule has 0 spiro atoms. The number of aromatic nitrogens is 2. The van der Waals surface area contributed by atoms with Gasteiger partial charge in [-0.3, -0.25) is 9.78 Å². The molecule has 0 aliphatic rings. The average Bonchev–Trinajstić information content (AvgIpc) is 3.21. The van der Waals surface area contributed by atoms with Crippen LogP contribution in [0, 0.1) is 6.92 Å². The first-order valence-electron chi connectivity index (χ1n) is 9.13. The Labute approximate surface area is 172 Å². The van der Waals surface area contributed by atoms with Gasteiger partial charge in [0.1, 0.15) is 5.69 Å². The molecule has 4 aromatic rings. The van der Waals surface area contributed by atoms with E-state index in [0.717, 1.165) is 21.5 Å². The van der Waals surface area contributed by atoms with Crippen molar-refractivity contribution in [3.8, 4) is 0 Å². The van der Waals surface area contributed by atoms with Crippen molar-refractivity contribution < 1.29 is 4.79 Å². The minimum atomic E-state index is -0.0796. The van der Waals surface area contributed by atoms with Gasteiger partial charge >= 0.3 is 0 Å². The van der Waals surface area contributed by atoms with Gasteiger partial charge in [-0.15, -0.1) is 11.3 Å². The summed E-state index contributed by atoms with van der Waals surface area (Å²) in [5.74, 6) is -0.0796. The average molecular weight is 410 g/mol. The molecule has 0 radical (unpaired) electrons. The molecule has 6 heteroatoms. The fraction of sp³-hybridized carbons (Fsp3) is 0.182. The van der Waals surface area contributed by atoms with Crippen LogP contribution in [0.2, 0.25) is 5.02 Å². The minimum Gasteiger partial charge on any atom is -0.350 e. The summed E-state index contributed by atoms with van der Waals surface area (Å²) in [5, 5.41) is 3.73. The van der Waals surface area contributed by atoms with Gasteiger partial charge in [0.25, 0.3) is 5.91 Å². The number of aryl methyl sites for hydroxylation is 1. The van der Waals surface area contributed by atoms with Crippen LogP contribution in [0.15, 0.2) is 60.8 Å². The van der Waals surface area contributed by atoms with Gasteiger partial charge in [-0.05, 0) is 42.8 Å². The number of carbonyl (C=O) groups is 1. The van der Waals surface area contributed by atoms with Crippen molar-refractivity contribution in [2.45, 2.75) is 19.9 Å². The van der Waals surface area contributed by atoms with Crippen LogP contribution < -0.4 is 5.32 Å². The van der Waals surface area contributed by atoms with Gasteiger partial charge in [-0.2, -0.15) is 0 Å². The molecule has 3 aromatic heterocycles. The Kier molecular flexibility index (Phi) is 5.46. The summed E-state index contributed by atoms with van der Waals surface area (Å²) in [6, 6.07) is 17.7. The topological polar surface area (TPSA) is 46.9 Å². The summed E-state index contributed by atoms with van der Waals surface area (Å²) in [6.45, 7) is 3.18. The number of nitrogens with one attached hydrogen (secondary N) is 1. The summed E-state index contributed by atoms with van der Waals surface area (Å²) in [5.41, 5.74) is 3.68. The van der Waals surface area contributed by atoms with Crippen molar-refractivity contribution in [2.75, 3.05) is 6.54 Å². The lowest BCUT2D eigenvalue weighted by molar-refractivity contribution is 0.0945. The molecule has 4 nitrogen and oxygen atoms in total. The fourth-order valence-corrected chi connectivity index (χ4v) is 4.42. The van der Waals surface area contributed by atoms with E-state index in [4.69, 9.17) is 11.6 Å². The molecule has 0 fully saturated rings. The van der Waals surface area contributed by atoms with Crippen molar-refractivity contribution in [3.05, 3.63) is 87.6 Å². The molecule has 0 bridgehead atoms. The Morgan fingerprint density at radius 1 is 1.18 bits per heavy atom. The Balaban J connectivity index is 1.58. The molecule has 1 amide bonds. The largest absolute Gasteiger partial charge is 0.350 e. The second-order valence-corrected chi connectivity index (χ2v) is 8.34.